The summed E-state index contributed by atoms with van der Waals surface area (Å²) < 4.78 is 50.8. The average molecular weight is 1600 g/mol. The number of pyridine rings is 8. The van der Waals surface area contributed by atoms with Crippen LogP contribution in [-0.2, 0) is 49.1 Å². The normalized spacial score (nSPS) is 18.4. The third-order valence-corrected chi connectivity index (χ3v) is 24.0. The Bertz CT molecular complexity index is 6390. The van der Waals surface area contributed by atoms with E-state index in [9.17, 15) is 9.18 Å². The summed E-state index contributed by atoms with van der Waals surface area (Å²) in [4.78, 5) is 44.9. The van der Waals surface area contributed by atoms with Crippen molar-refractivity contribution in [3.8, 4) is 62.1 Å². The second-order valence-corrected chi connectivity index (χ2v) is 32.1. The van der Waals surface area contributed by atoms with Crippen LogP contribution < -0.4 is 14.2 Å². The molecule has 4 saturated carbocycles. The first-order chi connectivity index (χ1) is 58.8. The molecule has 0 amide bonds. The molecule has 20 nitrogen and oxygen atoms in total. The number of halogens is 1. The lowest BCUT2D eigenvalue weighted by Crippen LogP contribution is -2.36. The summed E-state index contributed by atoms with van der Waals surface area (Å²) in [5, 5.41) is 27.5. The minimum Gasteiger partial charge on any atom is -0.474 e. The molecule has 0 atom stereocenters. The Morgan fingerprint density at radius 3 is 1.10 bits per heavy atom. The molecule has 0 radical (unpaired) electrons. The maximum atomic E-state index is 12.9. The lowest BCUT2D eigenvalue weighted by molar-refractivity contribution is -0.116. The number of nitrogens with zero attached hydrogens (tertiary/aromatic N) is 12. The lowest BCUT2D eigenvalue weighted by Gasteiger charge is -2.34. The molecule has 608 valence electrons. The van der Waals surface area contributed by atoms with Gasteiger partial charge < -0.3 is 57.0 Å². The van der Waals surface area contributed by atoms with Gasteiger partial charge in [0.05, 0.1) is 41.4 Å². The molecule has 17 aromatic rings. The van der Waals surface area contributed by atoms with Crippen LogP contribution >= 0.6 is 0 Å². The quantitative estimate of drug-likeness (QED) is 0.0387. The van der Waals surface area contributed by atoms with Crippen molar-refractivity contribution >= 4 is 93.5 Å². The van der Waals surface area contributed by atoms with Gasteiger partial charge >= 0.3 is 0 Å². The summed E-state index contributed by atoms with van der Waals surface area (Å²) in [7, 11) is 8.30. The number of benzene rings is 5. The summed E-state index contributed by atoms with van der Waals surface area (Å²) in [5.74, 6) is 3.23. The molecule has 0 bridgehead atoms. The first kappa shape index (κ1) is 79.8. The Morgan fingerprint density at radius 1 is 0.392 bits per heavy atom. The molecule has 0 spiro atoms. The van der Waals surface area contributed by atoms with Crippen LogP contribution in [0.1, 0.15) is 76.7 Å². The highest BCUT2D eigenvalue weighted by Crippen LogP contribution is 2.39. The maximum absolute atomic E-state index is 12.9. The molecule has 120 heavy (non-hydrogen) atoms. The van der Waals surface area contributed by atoms with Gasteiger partial charge in [0.1, 0.15) is 24.6 Å². The lowest BCUT2D eigenvalue weighted by atomic mass is 9.83. The van der Waals surface area contributed by atoms with Gasteiger partial charge in [0.15, 0.2) is 0 Å². The van der Waals surface area contributed by atoms with Gasteiger partial charge in [-0.2, -0.15) is 4.39 Å². The van der Waals surface area contributed by atoms with E-state index in [2.05, 4.69) is 183 Å². The van der Waals surface area contributed by atoms with E-state index in [0.717, 1.165) is 150 Å². The number of aliphatic hydroxyl groups is 2. The molecule has 0 aliphatic heterocycles. The van der Waals surface area contributed by atoms with E-state index in [-0.39, 0.29) is 36.9 Å². The van der Waals surface area contributed by atoms with Crippen LogP contribution in [0.25, 0.3) is 132 Å². The molecule has 2 N–H and O–H groups in total. The third-order valence-electron chi connectivity index (χ3n) is 24.0. The topological polar surface area (TPSA) is 227 Å². The number of ether oxygens (including phenoxy) is 5. The van der Waals surface area contributed by atoms with Crippen LogP contribution in [0.2, 0.25) is 0 Å². The molecule has 5 aromatic carbocycles. The Balaban J connectivity index is 0.000000111. The number of aliphatic hydroxyl groups excluding tert-OH is 2. The Morgan fingerprint density at radius 2 is 0.750 bits per heavy atom. The number of aryl methyl sites for hydroxylation is 4. The Hall–Kier alpha value is -12.7. The number of unbranched alkanes of at least 4 members (excludes halogenated alkanes) is 1. The number of aldehydes is 1. The standard InChI is InChI=1S/C29H27N3O2.C22H21N3O2.C22H19N3O2.C17H12FN3.C9H18O2/c1-32-27-11-12-30-17-26(27)25-9-7-22(15-28(25)32)23-8-10-29(31-16-23)34-24-13-21(14-24)19-33-18-20-5-3-2-4-6-20;2*1-25-20-6-7-23-12-19(20)18-4-2-15(10-21(18)25)16-3-5-22(24-11-16)27-17-8-14(9-17)13-26;1-21-15-6-7-19-10-14(15)13-4-2-11(8-16(13)21)12-3-5-17(18)20-9-12;1-2-3-4-11-7-8-5-9(10)6-8/h2-12,15-17,21,24H,13-14,18-19H2,1H3;2-7,10-12,14,17,26H,8-9,13H2,1H3;2-7,10-14,17H,8-9H2,1H3;2-10H,1H3;8-10H,2-7H2,1H3. The van der Waals surface area contributed by atoms with Crippen LogP contribution in [0.3, 0.4) is 0 Å². The van der Waals surface area contributed by atoms with Crippen molar-refractivity contribution in [2.75, 3.05) is 26.4 Å². The second kappa shape index (κ2) is 36.3. The molecule has 21 heteroatoms. The van der Waals surface area contributed by atoms with Crippen LogP contribution in [0.15, 0.2) is 250 Å². The third kappa shape index (κ3) is 17.6. The van der Waals surface area contributed by atoms with Crippen molar-refractivity contribution < 1.29 is 43.1 Å². The highest BCUT2D eigenvalue weighted by atomic mass is 19.1. The monoisotopic (exact) mass is 1600 g/mol. The van der Waals surface area contributed by atoms with Gasteiger partial charge in [-0.25, -0.2) is 19.9 Å². The zero-order valence-electron chi connectivity index (χ0n) is 68.1. The molecule has 12 aromatic heterocycles. The number of hydrogen-bond acceptors (Lipinski definition) is 16. The van der Waals surface area contributed by atoms with Crippen molar-refractivity contribution in [3.63, 3.8) is 0 Å². The summed E-state index contributed by atoms with van der Waals surface area (Å²) >= 11 is 0. The van der Waals surface area contributed by atoms with Crippen LogP contribution in [-0.4, -0.2) is 125 Å². The molecule has 12 heterocycles. The number of carbonyl (C=O) groups excluding carboxylic acids is 1. The summed E-state index contributed by atoms with van der Waals surface area (Å²) in [6.45, 7) is 5.62. The van der Waals surface area contributed by atoms with Gasteiger partial charge in [-0.1, -0.05) is 92.2 Å². The van der Waals surface area contributed by atoms with Crippen molar-refractivity contribution in [1.29, 1.82) is 0 Å². The molecule has 4 aliphatic carbocycles. The predicted molar refractivity (Wildman–Crippen MR) is 471 cm³/mol. The molecule has 4 fully saturated rings. The van der Waals surface area contributed by atoms with Crippen molar-refractivity contribution in [1.82, 2.24) is 58.1 Å². The minimum absolute atomic E-state index is 0.0326. The van der Waals surface area contributed by atoms with E-state index in [1.165, 1.54) is 83.5 Å². The molecule has 21 rings (SSSR count). The van der Waals surface area contributed by atoms with E-state index < -0.39 is 5.95 Å². The summed E-state index contributed by atoms with van der Waals surface area (Å²) in [6, 6.07) is 59.3. The molecule has 0 unspecified atom stereocenters. The highest BCUT2D eigenvalue weighted by molar-refractivity contribution is 6.11. The van der Waals surface area contributed by atoms with Crippen LogP contribution in [0.4, 0.5) is 4.39 Å². The zero-order chi connectivity index (χ0) is 82.2. The van der Waals surface area contributed by atoms with Crippen LogP contribution in [0, 0.1) is 29.6 Å². The molecule has 4 aliphatic rings. The van der Waals surface area contributed by atoms with E-state index in [0.29, 0.717) is 42.0 Å². The zero-order valence-corrected chi connectivity index (χ0v) is 68.1. The van der Waals surface area contributed by atoms with E-state index in [4.69, 9.17) is 33.9 Å². The molecule has 0 saturated heterocycles. The average Bonchev–Trinajstić information content (AvgIpc) is 1.63. The first-order valence-corrected chi connectivity index (χ1v) is 41.5. The van der Waals surface area contributed by atoms with Gasteiger partial charge in [-0.05, 0) is 182 Å². The Labute approximate surface area is 695 Å². The minimum atomic E-state index is -0.462. The fraction of sp³-hybridized carbons (Fsp3) is 0.283. The highest BCUT2D eigenvalue weighted by Gasteiger charge is 2.33. The Kier molecular flexibility index (Phi) is 24.1. The van der Waals surface area contributed by atoms with Crippen LogP contribution in [0.5, 0.6) is 17.6 Å². The predicted octanol–water partition coefficient (Wildman–Crippen LogP) is 19.7. The van der Waals surface area contributed by atoms with Crippen molar-refractivity contribution in [3.05, 3.63) is 262 Å². The largest absolute Gasteiger partial charge is 0.474 e. The summed E-state index contributed by atoms with van der Waals surface area (Å²) in [6.07, 6.45) is 33.3. The van der Waals surface area contributed by atoms with Crippen molar-refractivity contribution in [2.24, 2.45) is 51.9 Å². The number of aromatic nitrogens is 12. The number of rotatable bonds is 21. The molecular weight excluding hydrogens is 1500 g/mol. The van der Waals surface area contributed by atoms with Gasteiger partial charge in [0.25, 0.3) is 0 Å². The fourth-order valence-electron chi connectivity index (χ4n) is 16.7. The van der Waals surface area contributed by atoms with Gasteiger partial charge in [0, 0.05) is 234 Å². The first-order valence-electron chi connectivity index (χ1n) is 41.5. The number of hydrogen-bond donors (Lipinski definition) is 2. The van der Waals surface area contributed by atoms with E-state index in [1.807, 2.05) is 136 Å². The van der Waals surface area contributed by atoms with Gasteiger partial charge in [0.2, 0.25) is 23.6 Å². The maximum Gasteiger partial charge on any atom is 0.213 e. The number of fused-ring (bicyclic) bond motifs is 12. The van der Waals surface area contributed by atoms with Gasteiger partial charge in [-0.3, -0.25) is 19.9 Å². The second-order valence-electron chi connectivity index (χ2n) is 32.1. The summed E-state index contributed by atoms with van der Waals surface area (Å²) in [5.41, 5.74) is 19.1. The molecular formula is C99H97FN12O8. The van der Waals surface area contributed by atoms with Crippen molar-refractivity contribution in [2.45, 2.75) is 102 Å². The fourth-order valence-corrected chi connectivity index (χ4v) is 16.7. The van der Waals surface area contributed by atoms with E-state index >= 15 is 0 Å². The van der Waals surface area contributed by atoms with E-state index in [1.54, 1.807) is 18.5 Å². The SMILES string of the molecule is CCCCOCC1CC(O)C1.Cn1c2ccncc2c2ccc(-c3ccc(F)nc3)cc21.Cn1c2ccncc2c2ccc(-c3ccc(OC4CC(C=O)C4)nc3)cc21.Cn1c2ccncc2c2ccc(-c3ccc(OC4CC(CO)C4)nc3)cc21.Cn1c2ccncc2c2ccc(-c3ccc(OC4CC(COCc5ccccc5)C4)nc3)cc21. The smallest absolute Gasteiger partial charge is 0.213 e. The number of carbonyl (C=O) groups is 1. The van der Waals surface area contributed by atoms with Gasteiger partial charge in [-0.15, -0.1) is 0 Å².